The highest BCUT2D eigenvalue weighted by atomic mass is 35.5. The zero-order valence-corrected chi connectivity index (χ0v) is 21.4. The molecule has 1 aromatic rings. The summed E-state index contributed by atoms with van der Waals surface area (Å²) in [6.45, 7) is 1.78. The Morgan fingerprint density at radius 1 is 1.24 bits per heavy atom. The van der Waals surface area contributed by atoms with Crippen molar-refractivity contribution in [3.05, 3.63) is 34.9 Å². The maximum atomic E-state index is 13.2. The molecule has 2 aliphatic rings. The van der Waals surface area contributed by atoms with E-state index in [0.717, 1.165) is 37.7 Å². The van der Waals surface area contributed by atoms with Gasteiger partial charge in [0.25, 0.3) is 0 Å². The number of nitrogens with one attached hydrogen (secondary N) is 1. The van der Waals surface area contributed by atoms with Crippen LogP contribution in [0.4, 0.5) is 4.79 Å². The number of aliphatic hydroxyl groups is 2. The van der Waals surface area contributed by atoms with Crippen LogP contribution in [0.25, 0.3) is 0 Å². The standard InChI is InChI=1S/C27H43ClN2O4/c1-34-16-6-5-14-27(33,22-11-7-13-24(28)18-22)23-12-8-15-30(19-23)26(32)29-25(20-31)17-21-9-3-2-4-10-21/h7,11,13,18,21,23,25,31,33H,2-6,8-10,12,14-17,19-20H2,1H3,(H,29,32)/t23-,25+,27-/m1/s1. The Balaban J connectivity index is 1.66. The molecule has 1 saturated heterocycles. The van der Waals surface area contributed by atoms with Gasteiger partial charge in [0, 0.05) is 37.7 Å². The van der Waals surface area contributed by atoms with E-state index in [4.69, 9.17) is 16.3 Å². The highest BCUT2D eigenvalue weighted by Gasteiger charge is 2.41. The molecule has 0 bridgehead atoms. The molecule has 1 heterocycles. The Bertz CT molecular complexity index is 758. The second kappa shape index (κ2) is 13.7. The number of urea groups is 1. The van der Waals surface area contributed by atoms with Crippen LogP contribution in [0.3, 0.4) is 0 Å². The molecule has 3 atom stereocenters. The van der Waals surface area contributed by atoms with Gasteiger partial charge in [-0.15, -0.1) is 0 Å². The lowest BCUT2D eigenvalue weighted by atomic mass is 9.74. The largest absolute Gasteiger partial charge is 0.394 e. The molecule has 1 aliphatic heterocycles. The fourth-order valence-corrected chi connectivity index (χ4v) is 5.99. The number of ether oxygens (including phenoxy) is 1. The summed E-state index contributed by atoms with van der Waals surface area (Å²) in [5.74, 6) is 0.499. The average Bonchev–Trinajstić information content (AvgIpc) is 2.86. The molecule has 1 aliphatic carbocycles. The second-order valence-corrected chi connectivity index (χ2v) is 10.7. The van der Waals surface area contributed by atoms with Crippen molar-refractivity contribution in [1.29, 1.82) is 0 Å². The van der Waals surface area contributed by atoms with E-state index in [-0.39, 0.29) is 24.6 Å². The van der Waals surface area contributed by atoms with Crippen LogP contribution in [0, 0.1) is 11.8 Å². The maximum absolute atomic E-state index is 13.2. The molecule has 3 N–H and O–H groups in total. The fraction of sp³-hybridized carbons (Fsp3) is 0.741. The summed E-state index contributed by atoms with van der Waals surface area (Å²) >= 11 is 6.28. The van der Waals surface area contributed by atoms with Gasteiger partial charge >= 0.3 is 6.03 Å². The van der Waals surface area contributed by atoms with Gasteiger partial charge in [-0.25, -0.2) is 4.79 Å². The Kier molecular flexibility index (Phi) is 11.0. The van der Waals surface area contributed by atoms with Gasteiger partial charge in [-0.05, 0) is 62.1 Å². The zero-order chi connectivity index (χ0) is 24.4. The number of unbranched alkanes of at least 4 members (excludes halogenated alkanes) is 1. The van der Waals surface area contributed by atoms with Crippen molar-refractivity contribution in [2.75, 3.05) is 33.4 Å². The van der Waals surface area contributed by atoms with Crippen molar-refractivity contribution < 1.29 is 19.7 Å². The Hall–Kier alpha value is -1.34. The van der Waals surface area contributed by atoms with Crippen molar-refractivity contribution in [2.45, 2.75) is 82.3 Å². The van der Waals surface area contributed by atoms with E-state index in [9.17, 15) is 15.0 Å². The van der Waals surface area contributed by atoms with Crippen LogP contribution in [0.15, 0.2) is 24.3 Å². The smallest absolute Gasteiger partial charge is 0.317 e. The van der Waals surface area contributed by atoms with Gasteiger partial charge in [0.05, 0.1) is 18.2 Å². The molecule has 3 rings (SSSR count). The highest BCUT2D eigenvalue weighted by Crippen LogP contribution is 2.40. The highest BCUT2D eigenvalue weighted by molar-refractivity contribution is 6.30. The average molecular weight is 495 g/mol. The first-order valence-electron chi connectivity index (χ1n) is 13.1. The molecule has 0 aromatic heterocycles. The third kappa shape index (κ3) is 7.58. The van der Waals surface area contributed by atoms with E-state index in [1.807, 2.05) is 29.2 Å². The number of piperidine rings is 1. The third-order valence-electron chi connectivity index (χ3n) is 7.76. The molecule has 1 saturated carbocycles. The van der Waals surface area contributed by atoms with Gasteiger partial charge in [-0.3, -0.25) is 0 Å². The summed E-state index contributed by atoms with van der Waals surface area (Å²) in [7, 11) is 1.69. The number of hydrogen-bond acceptors (Lipinski definition) is 4. The summed E-state index contributed by atoms with van der Waals surface area (Å²) in [6, 6.07) is 7.14. The second-order valence-electron chi connectivity index (χ2n) is 10.2. The first-order chi connectivity index (χ1) is 16.5. The van der Waals surface area contributed by atoms with Gasteiger partial charge in [-0.1, -0.05) is 55.8 Å². The van der Waals surface area contributed by atoms with E-state index >= 15 is 0 Å². The zero-order valence-electron chi connectivity index (χ0n) is 20.7. The van der Waals surface area contributed by atoms with Crippen LogP contribution >= 0.6 is 11.6 Å². The third-order valence-corrected chi connectivity index (χ3v) is 7.99. The van der Waals surface area contributed by atoms with E-state index in [1.54, 1.807) is 7.11 Å². The lowest BCUT2D eigenvalue weighted by molar-refractivity contribution is -0.0564. The molecule has 0 unspecified atom stereocenters. The first-order valence-corrected chi connectivity index (χ1v) is 13.5. The quantitative estimate of drug-likeness (QED) is 0.374. The number of rotatable bonds is 11. The monoisotopic (exact) mass is 494 g/mol. The number of nitrogens with zero attached hydrogens (tertiary/aromatic N) is 1. The van der Waals surface area contributed by atoms with Gasteiger partial charge < -0.3 is 25.2 Å². The van der Waals surface area contributed by atoms with E-state index in [0.29, 0.717) is 37.1 Å². The van der Waals surface area contributed by atoms with Crippen LogP contribution < -0.4 is 5.32 Å². The van der Waals surface area contributed by atoms with E-state index in [1.165, 1.54) is 32.1 Å². The lowest BCUT2D eigenvalue weighted by Crippen LogP contribution is -2.53. The summed E-state index contributed by atoms with van der Waals surface area (Å²) in [5.41, 5.74) is -0.244. The van der Waals surface area contributed by atoms with Crippen LogP contribution in [0.2, 0.25) is 5.02 Å². The molecule has 1 aromatic carbocycles. The van der Waals surface area contributed by atoms with Crippen LogP contribution in [0.1, 0.15) is 76.2 Å². The van der Waals surface area contributed by atoms with Crippen molar-refractivity contribution in [3.63, 3.8) is 0 Å². The number of halogens is 1. The number of carbonyl (C=O) groups is 1. The number of likely N-dealkylation sites (tertiary alicyclic amines) is 1. The number of amides is 2. The van der Waals surface area contributed by atoms with Crippen molar-refractivity contribution in [2.24, 2.45) is 11.8 Å². The number of hydrogen-bond donors (Lipinski definition) is 3. The predicted octanol–water partition coefficient (Wildman–Crippen LogP) is 5.10. The minimum absolute atomic E-state index is 0.0362. The molecular weight excluding hydrogens is 452 g/mol. The van der Waals surface area contributed by atoms with E-state index < -0.39 is 5.60 Å². The topological polar surface area (TPSA) is 82.0 Å². The normalized spacial score (nSPS) is 22.2. The maximum Gasteiger partial charge on any atom is 0.317 e. The number of methoxy groups -OCH3 is 1. The molecule has 2 amide bonds. The van der Waals surface area contributed by atoms with Gasteiger partial charge in [-0.2, -0.15) is 0 Å². The van der Waals surface area contributed by atoms with Crippen molar-refractivity contribution in [1.82, 2.24) is 10.2 Å². The minimum atomic E-state index is -1.06. The molecule has 2 fully saturated rings. The first kappa shape index (κ1) is 27.3. The van der Waals surface area contributed by atoms with Gasteiger partial charge in [0.2, 0.25) is 0 Å². The Morgan fingerprint density at radius 3 is 2.74 bits per heavy atom. The lowest BCUT2D eigenvalue weighted by Gasteiger charge is -2.43. The molecule has 34 heavy (non-hydrogen) atoms. The summed E-state index contributed by atoms with van der Waals surface area (Å²) in [4.78, 5) is 15.0. The minimum Gasteiger partial charge on any atom is -0.394 e. The fourth-order valence-electron chi connectivity index (χ4n) is 5.80. The summed E-state index contributed by atoms with van der Waals surface area (Å²) < 4.78 is 5.19. The predicted molar refractivity (Wildman–Crippen MR) is 136 cm³/mol. The van der Waals surface area contributed by atoms with Crippen LogP contribution in [-0.2, 0) is 10.3 Å². The van der Waals surface area contributed by atoms with Crippen LogP contribution in [0.5, 0.6) is 0 Å². The summed E-state index contributed by atoms with van der Waals surface area (Å²) in [6.07, 6.45) is 11.0. The van der Waals surface area contributed by atoms with Gasteiger partial charge in [0.1, 0.15) is 0 Å². The molecule has 6 nitrogen and oxygen atoms in total. The van der Waals surface area contributed by atoms with Crippen molar-refractivity contribution in [3.8, 4) is 0 Å². The number of carbonyl (C=O) groups excluding carboxylic acids is 1. The molecule has 7 heteroatoms. The van der Waals surface area contributed by atoms with E-state index in [2.05, 4.69) is 5.32 Å². The van der Waals surface area contributed by atoms with Crippen LogP contribution in [-0.4, -0.2) is 60.6 Å². The summed E-state index contributed by atoms with van der Waals surface area (Å²) in [5, 5.41) is 25.6. The molecule has 0 spiro atoms. The SMILES string of the molecule is COCCCC[C@@](O)(c1cccc(Cl)c1)[C@@H]1CCCN(C(=O)N[C@H](CO)CC2CCCCC2)C1. The Labute approximate surface area is 210 Å². The van der Waals surface area contributed by atoms with Gasteiger partial charge in [0.15, 0.2) is 0 Å². The van der Waals surface area contributed by atoms with Crippen molar-refractivity contribution >= 4 is 17.6 Å². The number of benzene rings is 1. The number of aliphatic hydroxyl groups excluding tert-OH is 1. The molecule has 0 radical (unpaired) electrons. The molecule has 192 valence electrons. The Morgan fingerprint density at radius 2 is 2.03 bits per heavy atom. The molecular formula is C27H43ClN2O4.